The lowest BCUT2D eigenvalue weighted by Gasteiger charge is -2.21. The van der Waals surface area contributed by atoms with Gasteiger partial charge in [0, 0.05) is 37.8 Å². The molecule has 8 heteroatoms. The molecular weight excluding hydrogens is 402 g/mol. The highest BCUT2D eigenvalue weighted by Gasteiger charge is 2.24. The molecule has 0 bridgehead atoms. The first-order valence-electron chi connectivity index (χ1n) is 10.7. The van der Waals surface area contributed by atoms with Crippen LogP contribution in [-0.4, -0.2) is 50.1 Å². The summed E-state index contributed by atoms with van der Waals surface area (Å²) in [6, 6.07) is 22.2. The Hall–Kier alpha value is -3.94. The van der Waals surface area contributed by atoms with Gasteiger partial charge in [0.05, 0.1) is 12.2 Å². The molecule has 1 unspecified atom stereocenters. The monoisotopic (exact) mass is 427 g/mol. The third-order valence-electron chi connectivity index (χ3n) is 5.67. The Balaban J connectivity index is 1.23. The number of nitrogens with zero attached hydrogens (tertiary/aromatic N) is 6. The van der Waals surface area contributed by atoms with Crippen LogP contribution >= 0.6 is 0 Å². The smallest absolute Gasteiger partial charge is 0.291 e. The second-order valence-electron chi connectivity index (χ2n) is 8.07. The fourth-order valence-electron chi connectivity index (χ4n) is 4.04. The molecule has 5 rings (SSSR count). The van der Waals surface area contributed by atoms with Gasteiger partial charge in [0.1, 0.15) is 12.1 Å². The number of carbonyl (C=O) groups excluding carboxylic acids is 1. The Labute approximate surface area is 186 Å². The van der Waals surface area contributed by atoms with E-state index < -0.39 is 0 Å². The van der Waals surface area contributed by atoms with E-state index in [-0.39, 0.29) is 17.8 Å². The maximum Gasteiger partial charge on any atom is 0.291 e. The molecule has 0 saturated heterocycles. The lowest BCUT2D eigenvalue weighted by molar-refractivity contribution is 0.0925. The summed E-state index contributed by atoms with van der Waals surface area (Å²) >= 11 is 0. The minimum Gasteiger partial charge on any atom is -0.358 e. The topological polar surface area (TPSA) is 80.9 Å². The number of carbonyl (C=O) groups is 1. The Kier molecular flexibility index (Phi) is 5.41. The van der Waals surface area contributed by atoms with Gasteiger partial charge in [-0.3, -0.25) is 4.79 Å². The van der Waals surface area contributed by atoms with Crippen molar-refractivity contribution in [2.45, 2.75) is 25.6 Å². The van der Waals surface area contributed by atoms with Gasteiger partial charge in [0.25, 0.3) is 5.91 Å². The van der Waals surface area contributed by atoms with Crippen LogP contribution in [0, 0.1) is 0 Å². The maximum absolute atomic E-state index is 12.8. The van der Waals surface area contributed by atoms with Crippen LogP contribution < -0.4 is 10.2 Å². The zero-order valence-electron chi connectivity index (χ0n) is 17.9. The summed E-state index contributed by atoms with van der Waals surface area (Å²) in [5, 5.41) is 12.2. The van der Waals surface area contributed by atoms with Gasteiger partial charge < -0.3 is 10.2 Å². The molecule has 3 heterocycles. The largest absolute Gasteiger partial charge is 0.358 e. The van der Waals surface area contributed by atoms with Crippen LogP contribution in [0.3, 0.4) is 0 Å². The van der Waals surface area contributed by atoms with Crippen LogP contribution in [0.1, 0.15) is 22.6 Å². The number of rotatable bonds is 5. The number of nitrogens with one attached hydrogen (secondary N) is 1. The second-order valence-corrected chi connectivity index (χ2v) is 8.07. The SMILES string of the molecule is CN1CC(NC(=O)c2ncn(Cc3ccccc3)n2)CCn2nc(-c3ccccc3)cc21. The molecule has 1 atom stereocenters. The van der Waals surface area contributed by atoms with Crippen molar-refractivity contribution in [2.75, 3.05) is 18.5 Å². The van der Waals surface area contributed by atoms with E-state index in [9.17, 15) is 4.79 Å². The highest BCUT2D eigenvalue weighted by atomic mass is 16.2. The lowest BCUT2D eigenvalue weighted by atomic mass is 10.1. The Morgan fingerprint density at radius 3 is 2.59 bits per heavy atom. The summed E-state index contributed by atoms with van der Waals surface area (Å²) in [7, 11) is 2.03. The zero-order chi connectivity index (χ0) is 21.9. The molecule has 0 spiro atoms. The lowest BCUT2D eigenvalue weighted by Crippen LogP contribution is -2.42. The Bertz CT molecular complexity index is 1200. The number of amides is 1. The molecule has 32 heavy (non-hydrogen) atoms. The van der Waals surface area contributed by atoms with Gasteiger partial charge in [-0.15, -0.1) is 5.10 Å². The number of aromatic nitrogens is 5. The van der Waals surface area contributed by atoms with Gasteiger partial charge in [-0.05, 0) is 12.0 Å². The fraction of sp³-hybridized carbons (Fsp3) is 0.250. The van der Waals surface area contributed by atoms with Crippen molar-refractivity contribution in [1.82, 2.24) is 29.9 Å². The average molecular weight is 428 g/mol. The molecular formula is C24H25N7O. The predicted molar refractivity (Wildman–Crippen MR) is 122 cm³/mol. The number of likely N-dealkylation sites (N-methyl/N-ethyl adjacent to an activating group) is 1. The maximum atomic E-state index is 12.8. The molecule has 162 valence electrons. The number of hydrogen-bond acceptors (Lipinski definition) is 5. The summed E-state index contributed by atoms with van der Waals surface area (Å²) in [4.78, 5) is 19.1. The van der Waals surface area contributed by atoms with Crippen LogP contribution in [0.2, 0.25) is 0 Å². The molecule has 1 aliphatic heterocycles. The van der Waals surface area contributed by atoms with E-state index in [1.54, 1.807) is 11.0 Å². The van der Waals surface area contributed by atoms with Crippen molar-refractivity contribution in [3.63, 3.8) is 0 Å². The van der Waals surface area contributed by atoms with E-state index in [2.05, 4.69) is 38.5 Å². The Morgan fingerprint density at radius 1 is 1.06 bits per heavy atom. The van der Waals surface area contributed by atoms with E-state index in [0.29, 0.717) is 13.1 Å². The predicted octanol–water partition coefficient (Wildman–Crippen LogP) is 2.83. The van der Waals surface area contributed by atoms with Crippen LogP contribution in [0.25, 0.3) is 11.3 Å². The highest BCUT2D eigenvalue weighted by Crippen LogP contribution is 2.26. The first-order chi connectivity index (χ1) is 15.7. The molecule has 1 aliphatic rings. The Morgan fingerprint density at radius 2 is 1.81 bits per heavy atom. The van der Waals surface area contributed by atoms with Crippen molar-refractivity contribution < 1.29 is 4.79 Å². The fourth-order valence-corrected chi connectivity index (χ4v) is 4.04. The summed E-state index contributed by atoms with van der Waals surface area (Å²) in [6.45, 7) is 2.00. The molecule has 0 aliphatic carbocycles. The normalized spacial score (nSPS) is 15.8. The first-order valence-corrected chi connectivity index (χ1v) is 10.7. The summed E-state index contributed by atoms with van der Waals surface area (Å²) in [5.74, 6) is 0.988. The van der Waals surface area contributed by atoms with Gasteiger partial charge in [-0.25, -0.2) is 14.3 Å². The van der Waals surface area contributed by atoms with E-state index in [0.717, 1.165) is 35.6 Å². The highest BCUT2D eigenvalue weighted by molar-refractivity contribution is 5.90. The third kappa shape index (κ3) is 4.25. The van der Waals surface area contributed by atoms with Crippen LogP contribution in [0.4, 0.5) is 5.82 Å². The number of aryl methyl sites for hydroxylation is 1. The van der Waals surface area contributed by atoms with E-state index in [4.69, 9.17) is 5.10 Å². The van der Waals surface area contributed by atoms with Crippen molar-refractivity contribution in [3.8, 4) is 11.3 Å². The number of benzene rings is 2. The van der Waals surface area contributed by atoms with E-state index in [1.807, 2.05) is 60.3 Å². The zero-order valence-corrected chi connectivity index (χ0v) is 17.9. The first kappa shape index (κ1) is 20.0. The van der Waals surface area contributed by atoms with Crippen LogP contribution in [0.5, 0.6) is 0 Å². The minimum absolute atomic E-state index is 0.0181. The van der Waals surface area contributed by atoms with Crippen molar-refractivity contribution in [2.24, 2.45) is 0 Å². The number of fused-ring (bicyclic) bond motifs is 1. The molecule has 2 aromatic heterocycles. The van der Waals surface area contributed by atoms with Gasteiger partial charge in [0.2, 0.25) is 5.82 Å². The average Bonchev–Trinajstić information content (AvgIpc) is 3.43. The third-order valence-corrected chi connectivity index (χ3v) is 5.67. The van der Waals surface area contributed by atoms with Gasteiger partial charge in [-0.1, -0.05) is 60.7 Å². The minimum atomic E-state index is -0.250. The van der Waals surface area contributed by atoms with E-state index >= 15 is 0 Å². The van der Waals surface area contributed by atoms with Crippen LogP contribution in [-0.2, 0) is 13.1 Å². The summed E-state index contributed by atoms with van der Waals surface area (Å²) in [5.41, 5.74) is 3.17. The molecule has 0 radical (unpaired) electrons. The van der Waals surface area contributed by atoms with Gasteiger partial charge in [-0.2, -0.15) is 5.10 Å². The van der Waals surface area contributed by atoms with E-state index in [1.165, 1.54) is 0 Å². The standard InChI is InChI=1S/C24H25N7O/c1-29-16-20(12-13-31-22(29)14-21(27-31)19-10-6-3-7-11-19)26-24(32)23-25-17-30(28-23)15-18-8-4-2-5-9-18/h2-11,14,17,20H,12-13,15-16H2,1H3,(H,26,32). The van der Waals surface area contributed by atoms with Crippen LogP contribution in [0.15, 0.2) is 73.1 Å². The van der Waals surface area contributed by atoms with Crippen molar-refractivity contribution in [1.29, 1.82) is 0 Å². The second kappa shape index (κ2) is 8.66. The summed E-state index contributed by atoms with van der Waals surface area (Å²) in [6.07, 6.45) is 2.38. The quantitative estimate of drug-likeness (QED) is 0.530. The van der Waals surface area contributed by atoms with Crippen molar-refractivity contribution in [3.05, 3.63) is 84.4 Å². The molecule has 8 nitrogen and oxygen atoms in total. The molecule has 4 aromatic rings. The molecule has 2 aromatic carbocycles. The summed E-state index contributed by atoms with van der Waals surface area (Å²) < 4.78 is 3.70. The molecule has 0 fully saturated rings. The number of anilines is 1. The van der Waals surface area contributed by atoms with Gasteiger partial charge in [0.15, 0.2) is 0 Å². The number of hydrogen-bond donors (Lipinski definition) is 1. The van der Waals surface area contributed by atoms with Gasteiger partial charge >= 0.3 is 0 Å². The molecule has 1 amide bonds. The van der Waals surface area contributed by atoms with Crippen molar-refractivity contribution >= 4 is 11.7 Å². The molecule has 1 N–H and O–H groups in total. The molecule has 0 saturated carbocycles.